The summed E-state index contributed by atoms with van der Waals surface area (Å²) in [7, 11) is 0. The molecule has 1 N–H and O–H groups in total. The van der Waals surface area contributed by atoms with Crippen LogP contribution in [0.2, 0.25) is 0 Å². The number of anilines is 1. The highest BCUT2D eigenvalue weighted by Gasteiger charge is 2.38. The van der Waals surface area contributed by atoms with Crippen molar-refractivity contribution >= 4 is 11.8 Å². The molecule has 116 valence electrons. The van der Waals surface area contributed by atoms with E-state index in [0.29, 0.717) is 24.8 Å². The van der Waals surface area contributed by atoms with Gasteiger partial charge >= 0.3 is 5.97 Å². The number of hydrogen-bond acceptors (Lipinski definition) is 6. The van der Waals surface area contributed by atoms with Gasteiger partial charge in [-0.3, -0.25) is 9.78 Å². The summed E-state index contributed by atoms with van der Waals surface area (Å²) in [4.78, 5) is 21.8. The Bertz CT molecular complexity index is 495. The maximum Gasteiger partial charge on any atom is 0.311 e. The molecule has 2 rings (SSSR count). The maximum absolute atomic E-state index is 11.3. The number of ether oxygens (including phenoxy) is 2. The molecule has 1 aromatic heterocycles. The molecule has 0 saturated carbocycles. The first-order valence-electron chi connectivity index (χ1n) is 7.08. The number of nitrogens with zero attached hydrogens (tertiary/aromatic N) is 3. The SMILES string of the molecule is CCN(c1cncc(OC(C)C)n1)C1COCC1C(=O)O. The third-order valence-corrected chi connectivity index (χ3v) is 3.36. The molecule has 7 nitrogen and oxygen atoms in total. The molecular formula is C14H21N3O4. The standard InChI is InChI=1S/C14H21N3O4/c1-4-17(11-8-20-7-10(11)14(18)19)12-5-15-6-13(16-12)21-9(2)3/h5-6,9-11H,4,7-8H2,1-3H3,(H,18,19). The zero-order chi connectivity index (χ0) is 15.4. The van der Waals surface area contributed by atoms with Crippen molar-refractivity contribution in [3.05, 3.63) is 12.4 Å². The van der Waals surface area contributed by atoms with Gasteiger partial charge < -0.3 is 19.5 Å². The minimum Gasteiger partial charge on any atom is -0.481 e. The normalized spacial score (nSPS) is 21.5. The molecule has 1 aliphatic rings. The number of carbonyl (C=O) groups is 1. The van der Waals surface area contributed by atoms with Crippen molar-refractivity contribution in [2.24, 2.45) is 5.92 Å². The predicted octanol–water partition coefficient (Wildman–Crippen LogP) is 1.19. The summed E-state index contributed by atoms with van der Waals surface area (Å²) in [5.74, 6) is -0.357. The topological polar surface area (TPSA) is 84.8 Å². The van der Waals surface area contributed by atoms with Crippen LogP contribution in [-0.2, 0) is 9.53 Å². The third kappa shape index (κ3) is 3.60. The molecule has 21 heavy (non-hydrogen) atoms. The fourth-order valence-corrected chi connectivity index (χ4v) is 2.43. The highest BCUT2D eigenvalue weighted by Crippen LogP contribution is 2.25. The van der Waals surface area contributed by atoms with Gasteiger partial charge in [0.25, 0.3) is 0 Å². The third-order valence-electron chi connectivity index (χ3n) is 3.36. The van der Waals surface area contributed by atoms with E-state index in [1.807, 2.05) is 25.7 Å². The van der Waals surface area contributed by atoms with Crippen LogP contribution in [0.15, 0.2) is 12.4 Å². The summed E-state index contributed by atoms with van der Waals surface area (Å²) in [6.45, 7) is 7.01. The predicted molar refractivity (Wildman–Crippen MR) is 76.5 cm³/mol. The van der Waals surface area contributed by atoms with Gasteiger partial charge in [0, 0.05) is 6.54 Å². The second-order valence-electron chi connectivity index (χ2n) is 5.22. The molecule has 0 bridgehead atoms. The van der Waals surface area contributed by atoms with Crippen molar-refractivity contribution < 1.29 is 19.4 Å². The first-order chi connectivity index (χ1) is 10.0. The molecule has 2 unspecified atom stereocenters. The molecule has 2 atom stereocenters. The Balaban J connectivity index is 2.22. The van der Waals surface area contributed by atoms with Crippen LogP contribution in [0.3, 0.4) is 0 Å². The van der Waals surface area contributed by atoms with Gasteiger partial charge in [-0.05, 0) is 20.8 Å². The Morgan fingerprint density at radius 1 is 1.52 bits per heavy atom. The van der Waals surface area contributed by atoms with E-state index in [1.165, 1.54) is 0 Å². The fourth-order valence-electron chi connectivity index (χ4n) is 2.43. The quantitative estimate of drug-likeness (QED) is 0.843. The highest BCUT2D eigenvalue weighted by molar-refractivity contribution is 5.72. The van der Waals surface area contributed by atoms with Gasteiger partial charge in [0.15, 0.2) is 5.82 Å². The number of likely N-dealkylation sites (N-methyl/N-ethyl adjacent to an activating group) is 1. The van der Waals surface area contributed by atoms with Crippen molar-refractivity contribution in [1.29, 1.82) is 0 Å². The van der Waals surface area contributed by atoms with Gasteiger partial charge in [0.05, 0.1) is 37.8 Å². The summed E-state index contributed by atoms with van der Waals surface area (Å²) in [5.41, 5.74) is 0. The van der Waals surface area contributed by atoms with Crippen LogP contribution >= 0.6 is 0 Å². The van der Waals surface area contributed by atoms with Crippen LogP contribution in [0.1, 0.15) is 20.8 Å². The molecule has 1 aromatic rings. The lowest BCUT2D eigenvalue weighted by Gasteiger charge is -2.30. The average molecular weight is 295 g/mol. The van der Waals surface area contributed by atoms with Gasteiger partial charge in [-0.15, -0.1) is 0 Å². The van der Waals surface area contributed by atoms with E-state index >= 15 is 0 Å². The summed E-state index contributed by atoms with van der Waals surface area (Å²) in [5, 5.41) is 9.28. The number of aliphatic carboxylic acids is 1. The zero-order valence-corrected chi connectivity index (χ0v) is 12.5. The van der Waals surface area contributed by atoms with Gasteiger partial charge in [-0.1, -0.05) is 0 Å². The summed E-state index contributed by atoms with van der Waals surface area (Å²) in [6, 6.07) is -0.240. The highest BCUT2D eigenvalue weighted by atomic mass is 16.5. The monoisotopic (exact) mass is 295 g/mol. The number of hydrogen-bond donors (Lipinski definition) is 1. The molecule has 0 amide bonds. The second-order valence-corrected chi connectivity index (χ2v) is 5.22. The molecule has 7 heteroatoms. The number of carboxylic acid groups (broad SMARTS) is 1. The Kier molecular flexibility index (Phi) is 4.95. The van der Waals surface area contributed by atoms with E-state index in [-0.39, 0.29) is 18.8 Å². The van der Waals surface area contributed by atoms with Crippen molar-refractivity contribution in [2.45, 2.75) is 32.9 Å². The van der Waals surface area contributed by atoms with Gasteiger partial charge in [0.1, 0.15) is 5.92 Å². The molecule has 0 radical (unpaired) electrons. The van der Waals surface area contributed by atoms with Crippen molar-refractivity contribution in [2.75, 3.05) is 24.7 Å². The van der Waals surface area contributed by atoms with Crippen molar-refractivity contribution in [3.63, 3.8) is 0 Å². The van der Waals surface area contributed by atoms with Crippen LogP contribution in [0.25, 0.3) is 0 Å². The number of rotatable bonds is 6. The van der Waals surface area contributed by atoms with E-state index in [0.717, 1.165) is 0 Å². The Morgan fingerprint density at radius 2 is 2.29 bits per heavy atom. The van der Waals surface area contributed by atoms with Crippen LogP contribution < -0.4 is 9.64 Å². The Labute approximate surface area is 123 Å². The van der Waals surface area contributed by atoms with Crippen LogP contribution in [0.4, 0.5) is 5.82 Å². The molecule has 0 aromatic carbocycles. The average Bonchev–Trinajstić information content (AvgIpc) is 2.88. The van der Waals surface area contributed by atoms with E-state index < -0.39 is 11.9 Å². The molecule has 1 fully saturated rings. The minimum atomic E-state index is -0.849. The smallest absolute Gasteiger partial charge is 0.311 e. The largest absolute Gasteiger partial charge is 0.481 e. The Hall–Kier alpha value is -1.89. The summed E-state index contributed by atoms with van der Waals surface area (Å²) < 4.78 is 10.9. The number of carboxylic acids is 1. The molecule has 1 aliphatic heterocycles. The maximum atomic E-state index is 11.3. The van der Waals surface area contributed by atoms with E-state index in [2.05, 4.69) is 9.97 Å². The number of aromatic nitrogens is 2. The first kappa shape index (κ1) is 15.5. The van der Waals surface area contributed by atoms with E-state index in [9.17, 15) is 9.90 Å². The van der Waals surface area contributed by atoms with Gasteiger partial charge in [0.2, 0.25) is 5.88 Å². The molecule has 0 spiro atoms. The zero-order valence-electron chi connectivity index (χ0n) is 12.5. The summed E-state index contributed by atoms with van der Waals surface area (Å²) >= 11 is 0. The van der Waals surface area contributed by atoms with Crippen molar-refractivity contribution in [3.8, 4) is 5.88 Å². The second kappa shape index (κ2) is 6.71. The van der Waals surface area contributed by atoms with Gasteiger partial charge in [-0.2, -0.15) is 4.98 Å². The Morgan fingerprint density at radius 3 is 2.90 bits per heavy atom. The van der Waals surface area contributed by atoms with Crippen LogP contribution in [0.5, 0.6) is 5.88 Å². The molecule has 0 aliphatic carbocycles. The lowest BCUT2D eigenvalue weighted by Crippen LogP contribution is -2.43. The minimum absolute atomic E-state index is 0.00575. The van der Waals surface area contributed by atoms with E-state index in [1.54, 1.807) is 12.4 Å². The lowest BCUT2D eigenvalue weighted by molar-refractivity contribution is -0.141. The van der Waals surface area contributed by atoms with Crippen molar-refractivity contribution in [1.82, 2.24) is 9.97 Å². The first-order valence-corrected chi connectivity index (χ1v) is 7.08. The van der Waals surface area contributed by atoms with Crippen LogP contribution in [0, 0.1) is 5.92 Å². The lowest BCUT2D eigenvalue weighted by atomic mass is 10.0. The molecular weight excluding hydrogens is 274 g/mol. The fraction of sp³-hybridized carbons (Fsp3) is 0.643. The molecule has 1 saturated heterocycles. The summed E-state index contributed by atoms with van der Waals surface area (Å²) in [6.07, 6.45) is 3.18. The van der Waals surface area contributed by atoms with E-state index in [4.69, 9.17) is 9.47 Å². The molecule has 2 heterocycles. The van der Waals surface area contributed by atoms with Gasteiger partial charge in [-0.25, -0.2) is 0 Å². The van der Waals surface area contributed by atoms with Crippen LogP contribution in [-0.4, -0.2) is 52.9 Å².